The van der Waals surface area contributed by atoms with E-state index < -0.39 is 9.84 Å². The zero-order valence-corrected chi connectivity index (χ0v) is 16.5. The molecule has 4 rings (SSSR count). The Morgan fingerprint density at radius 1 is 1.04 bits per heavy atom. The van der Waals surface area contributed by atoms with Crippen LogP contribution in [-0.4, -0.2) is 26.6 Å². The second kappa shape index (κ2) is 7.85. The molecule has 1 aliphatic heterocycles. The van der Waals surface area contributed by atoms with Gasteiger partial charge in [0.25, 0.3) is 0 Å². The molecule has 0 bridgehead atoms. The minimum absolute atomic E-state index is 0.184. The first-order valence-corrected chi connectivity index (χ1v) is 11.0. The Labute approximate surface area is 168 Å². The summed E-state index contributed by atoms with van der Waals surface area (Å²) in [7, 11) is -3.49. The van der Waals surface area contributed by atoms with Gasteiger partial charge in [-0.1, -0.05) is 29.8 Å². The number of aromatic nitrogens is 1. The van der Waals surface area contributed by atoms with Gasteiger partial charge in [-0.25, -0.2) is 13.4 Å². The van der Waals surface area contributed by atoms with Gasteiger partial charge in [-0.05, 0) is 29.8 Å². The largest absolute Gasteiger partial charge is 0.489 e. The lowest BCUT2D eigenvalue weighted by Gasteiger charge is -2.11. The minimum atomic E-state index is -3.49. The van der Waals surface area contributed by atoms with Crippen LogP contribution in [0.1, 0.15) is 17.7 Å². The first-order valence-electron chi connectivity index (χ1n) is 8.78. The number of oxazole rings is 1. The summed E-state index contributed by atoms with van der Waals surface area (Å²) in [5.74, 6) is 0.920. The van der Waals surface area contributed by atoms with Crippen molar-refractivity contribution in [1.82, 2.24) is 4.98 Å². The molecule has 0 saturated carbocycles. The fraction of sp³-hybridized carbons (Fsp3) is 0.250. The van der Waals surface area contributed by atoms with Gasteiger partial charge in [-0.2, -0.15) is 0 Å². The van der Waals surface area contributed by atoms with Gasteiger partial charge < -0.3 is 13.9 Å². The van der Waals surface area contributed by atoms with Crippen LogP contribution in [0, 0.1) is 0 Å². The van der Waals surface area contributed by atoms with Crippen molar-refractivity contribution in [3.05, 3.63) is 65.0 Å². The zero-order chi connectivity index (χ0) is 19.6. The van der Waals surface area contributed by atoms with Gasteiger partial charge in [-0.15, -0.1) is 0 Å². The highest BCUT2D eigenvalue weighted by Gasteiger charge is 2.21. The number of benzene rings is 2. The van der Waals surface area contributed by atoms with Crippen molar-refractivity contribution in [3.8, 4) is 23.0 Å². The van der Waals surface area contributed by atoms with Crippen LogP contribution in [0.2, 0.25) is 5.02 Å². The fourth-order valence-corrected chi connectivity index (χ4v) is 4.63. The molecule has 0 aliphatic carbocycles. The Hall–Kier alpha value is -2.51. The first kappa shape index (κ1) is 18.8. The number of rotatable bonds is 5. The molecule has 2 heterocycles. The van der Waals surface area contributed by atoms with Crippen molar-refractivity contribution >= 4 is 21.4 Å². The van der Waals surface area contributed by atoms with Crippen molar-refractivity contribution in [3.63, 3.8) is 0 Å². The van der Waals surface area contributed by atoms with Crippen LogP contribution >= 0.6 is 11.6 Å². The Balaban J connectivity index is 1.51. The molecule has 0 saturated heterocycles. The van der Waals surface area contributed by atoms with Gasteiger partial charge in [-0.3, -0.25) is 0 Å². The number of fused-ring (bicyclic) bond motifs is 1. The van der Waals surface area contributed by atoms with E-state index in [9.17, 15) is 8.42 Å². The summed E-state index contributed by atoms with van der Waals surface area (Å²) in [6, 6.07) is 12.6. The van der Waals surface area contributed by atoms with E-state index in [1.165, 1.54) is 6.26 Å². The van der Waals surface area contributed by atoms with E-state index in [2.05, 4.69) is 4.98 Å². The van der Waals surface area contributed by atoms with Gasteiger partial charge in [0.1, 0.15) is 6.26 Å². The highest BCUT2D eigenvalue weighted by atomic mass is 35.5. The van der Waals surface area contributed by atoms with Crippen LogP contribution in [-0.2, 0) is 21.3 Å². The van der Waals surface area contributed by atoms with Crippen molar-refractivity contribution in [2.24, 2.45) is 0 Å². The lowest BCUT2D eigenvalue weighted by atomic mass is 10.2. The summed E-state index contributed by atoms with van der Waals surface area (Å²) in [6.07, 6.45) is 2.12. The van der Waals surface area contributed by atoms with E-state index in [0.29, 0.717) is 46.9 Å². The molecule has 0 unspecified atom stereocenters. The molecule has 0 radical (unpaired) electrons. The van der Waals surface area contributed by atoms with Crippen LogP contribution in [0.4, 0.5) is 0 Å². The SMILES string of the molecule is O=S(=O)(Cc1cc(Cl)c2c(c1)OCCCO2)Cc1coc(-c2ccccc2)n1. The smallest absolute Gasteiger partial charge is 0.226 e. The van der Waals surface area contributed by atoms with E-state index in [-0.39, 0.29) is 11.5 Å². The van der Waals surface area contributed by atoms with Crippen molar-refractivity contribution in [2.75, 3.05) is 13.2 Å². The summed E-state index contributed by atoms with van der Waals surface area (Å²) in [4.78, 5) is 4.29. The maximum atomic E-state index is 12.7. The average molecular weight is 420 g/mol. The van der Waals surface area contributed by atoms with E-state index in [1.807, 2.05) is 30.3 Å². The molecule has 0 amide bonds. The predicted octanol–water partition coefficient (Wildman–Crippen LogP) is 4.27. The Morgan fingerprint density at radius 3 is 2.64 bits per heavy atom. The number of ether oxygens (including phenoxy) is 2. The number of nitrogens with zero attached hydrogens (tertiary/aromatic N) is 1. The van der Waals surface area contributed by atoms with Crippen molar-refractivity contribution < 1.29 is 22.3 Å². The molecule has 28 heavy (non-hydrogen) atoms. The molecular weight excluding hydrogens is 402 g/mol. The number of sulfone groups is 1. The fourth-order valence-electron chi connectivity index (χ4n) is 2.98. The van der Waals surface area contributed by atoms with Crippen LogP contribution < -0.4 is 9.47 Å². The number of halogens is 1. The molecule has 3 aromatic rings. The van der Waals surface area contributed by atoms with Crippen LogP contribution in [0.5, 0.6) is 11.5 Å². The summed E-state index contributed by atoms with van der Waals surface area (Å²) in [5, 5.41) is 0.345. The van der Waals surface area contributed by atoms with Gasteiger partial charge >= 0.3 is 0 Å². The lowest BCUT2D eigenvalue weighted by molar-refractivity contribution is 0.297. The van der Waals surface area contributed by atoms with Crippen molar-refractivity contribution in [1.29, 1.82) is 0 Å². The van der Waals surface area contributed by atoms with Crippen LogP contribution in [0.25, 0.3) is 11.5 Å². The summed E-state index contributed by atoms with van der Waals surface area (Å²) in [6.45, 7) is 1.01. The molecule has 8 heteroatoms. The summed E-state index contributed by atoms with van der Waals surface area (Å²) in [5.41, 5.74) is 1.70. The predicted molar refractivity (Wildman–Crippen MR) is 105 cm³/mol. The summed E-state index contributed by atoms with van der Waals surface area (Å²) >= 11 is 6.25. The highest BCUT2D eigenvalue weighted by Crippen LogP contribution is 2.38. The van der Waals surface area contributed by atoms with E-state index in [4.69, 9.17) is 25.5 Å². The molecule has 1 aromatic heterocycles. The Kier molecular flexibility index (Phi) is 5.28. The van der Waals surface area contributed by atoms with Gasteiger partial charge in [0.05, 0.1) is 35.4 Å². The maximum Gasteiger partial charge on any atom is 0.226 e. The summed E-state index contributed by atoms with van der Waals surface area (Å²) < 4.78 is 42.0. The molecule has 146 valence electrons. The number of hydrogen-bond acceptors (Lipinski definition) is 6. The topological polar surface area (TPSA) is 78.6 Å². The third-order valence-corrected chi connectivity index (χ3v) is 5.98. The lowest BCUT2D eigenvalue weighted by Crippen LogP contribution is -2.08. The van der Waals surface area contributed by atoms with Crippen LogP contribution in [0.3, 0.4) is 0 Å². The molecule has 0 fully saturated rings. The third-order valence-electron chi connectivity index (χ3n) is 4.19. The number of hydrogen-bond donors (Lipinski definition) is 0. The molecular formula is C20H18ClNO5S. The van der Waals surface area contributed by atoms with Gasteiger partial charge in [0.15, 0.2) is 21.3 Å². The average Bonchev–Trinajstić information content (AvgIpc) is 2.97. The van der Waals surface area contributed by atoms with Crippen molar-refractivity contribution in [2.45, 2.75) is 17.9 Å². The zero-order valence-electron chi connectivity index (χ0n) is 14.9. The molecule has 0 N–H and O–H groups in total. The Bertz CT molecular complexity index is 1080. The van der Waals surface area contributed by atoms with E-state index in [0.717, 1.165) is 12.0 Å². The highest BCUT2D eigenvalue weighted by molar-refractivity contribution is 7.89. The Morgan fingerprint density at radius 2 is 1.82 bits per heavy atom. The molecule has 2 aromatic carbocycles. The van der Waals surface area contributed by atoms with Crippen LogP contribution in [0.15, 0.2) is 53.1 Å². The van der Waals surface area contributed by atoms with E-state index >= 15 is 0 Å². The maximum absolute atomic E-state index is 12.7. The second-order valence-corrected chi connectivity index (χ2v) is 8.97. The normalized spacial score (nSPS) is 13.9. The van der Waals surface area contributed by atoms with Gasteiger partial charge in [0, 0.05) is 12.0 Å². The molecule has 1 aliphatic rings. The quantitative estimate of drug-likeness (QED) is 0.614. The standard InChI is InChI=1S/C20H18ClNO5S/c21-17-9-14(10-18-19(17)26-8-4-7-25-18)12-28(23,24)13-16-11-27-20(22-16)15-5-2-1-3-6-15/h1-3,5-6,9-11H,4,7-8,12-13H2. The third kappa shape index (κ3) is 4.31. The second-order valence-electron chi connectivity index (χ2n) is 6.50. The molecule has 6 nitrogen and oxygen atoms in total. The van der Waals surface area contributed by atoms with Gasteiger partial charge in [0.2, 0.25) is 5.89 Å². The van der Waals surface area contributed by atoms with E-state index in [1.54, 1.807) is 12.1 Å². The molecule has 0 spiro atoms. The molecule has 0 atom stereocenters. The first-order chi connectivity index (χ1) is 13.5. The monoisotopic (exact) mass is 419 g/mol. The minimum Gasteiger partial charge on any atom is -0.489 e.